The number of hydrogen-bond donors (Lipinski definition) is 2. The van der Waals surface area contributed by atoms with E-state index < -0.39 is 18.3 Å². The highest BCUT2D eigenvalue weighted by Gasteiger charge is 2.44. The molecule has 3 heterocycles. The van der Waals surface area contributed by atoms with Crippen LogP contribution in [-0.4, -0.2) is 48.0 Å². The van der Waals surface area contributed by atoms with E-state index in [0.717, 1.165) is 33.2 Å². The Morgan fingerprint density at radius 1 is 1.03 bits per heavy atom. The zero-order chi connectivity index (χ0) is 20.1. The summed E-state index contributed by atoms with van der Waals surface area (Å²) < 4.78 is 8.09. The molecule has 1 saturated carbocycles. The minimum atomic E-state index is -1.01. The molecular formula is C22H22N4O3. The van der Waals surface area contributed by atoms with E-state index in [1.807, 2.05) is 54.9 Å². The van der Waals surface area contributed by atoms with Crippen molar-refractivity contribution in [3.8, 4) is 5.75 Å². The number of benzene rings is 1. The van der Waals surface area contributed by atoms with E-state index in [2.05, 4.69) is 15.0 Å². The lowest BCUT2D eigenvalue weighted by Crippen LogP contribution is -2.34. The summed E-state index contributed by atoms with van der Waals surface area (Å²) in [6.07, 6.45) is 3.15. The number of fused-ring (bicyclic) bond motifs is 2. The van der Waals surface area contributed by atoms with Gasteiger partial charge in [0, 0.05) is 35.3 Å². The number of aliphatic hydroxyl groups is 2. The number of rotatable bonds is 3. The van der Waals surface area contributed by atoms with Gasteiger partial charge in [0.25, 0.3) is 0 Å². The van der Waals surface area contributed by atoms with Crippen LogP contribution in [-0.2, 0) is 0 Å². The van der Waals surface area contributed by atoms with Crippen molar-refractivity contribution in [3.63, 3.8) is 0 Å². The van der Waals surface area contributed by atoms with Gasteiger partial charge in [0.2, 0.25) is 0 Å². The van der Waals surface area contributed by atoms with E-state index >= 15 is 0 Å². The largest absolute Gasteiger partial charge is 0.487 e. The fourth-order valence-electron chi connectivity index (χ4n) is 4.24. The second-order valence-corrected chi connectivity index (χ2v) is 7.66. The van der Waals surface area contributed by atoms with Crippen molar-refractivity contribution >= 4 is 21.8 Å². The maximum atomic E-state index is 10.7. The number of ether oxygens (including phenoxy) is 1. The van der Waals surface area contributed by atoms with Crippen LogP contribution in [0.3, 0.4) is 0 Å². The Labute approximate surface area is 167 Å². The highest BCUT2D eigenvalue weighted by Crippen LogP contribution is 2.37. The van der Waals surface area contributed by atoms with Crippen molar-refractivity contribution in [2.45, 2.75) is 44.6 Å². The molecule has 7 heteroatoms. The topological polar surface area (TPSA) is 93.3 Å². The van der Waals surface area contributed by atoms with Crippen molar-refractivity contribution in [3.05, 3.63) is 60.4 Å². The molecule has 0 radical (unpaired) electrons. The van der Waals surface area contributed by atoms with Crippen LogP contribution in [0, 0.1) is 13.8 Å². The Morgan fingerprint density at radius 3 is 2.76 bits per heavy atom. The van der Waals surface area contributed by atoms with Crippen molar-refractivity contribution in [1.82, 2.24) is 19.5 Å². The Bertz CT molecular complexity index is 1210. The molecular weight excluding hydrogens is 368 g/mol. The first-order valence-corrected chi connectivity index (χ1v) is 9.69. The fraction of sp³-hybridized carbons (Fsp3) is 0.318. The molecule has 0 unspecified atom stereocenters. The number of aromatic nitrogens is 4. The highest BCUT2D eigenvalue weighted by molar-refractivity contribution is 5.87. The highest BCUT2D eigenvalue weighted by atomic mass is 16.5. The van der Waals surface area contributed by atoms with Crippen LogP contribution < -0.4 is 4.74 Å². The van der Waals surface area contributed by atoms with E-state index in [4.69, 9.17) is 4.74 Å². The second-order valence-electron chi connectivity index (χ2n) is 7.66. The summed E-state index contributed by atoms with van der Waals surface area (Å²) in [4.78, 5) is 13.0. The summed E-state index contributed by atoms with van der Waals surface area (Å²) >= 11 is 0. The summed E-state index contributed by atoms with van der Waals surface area (Å²) in [5.41, 5.74) is 2.56. The molecule has 0 saturated heterocycles. The monoisotopic (exact) mass is 390 g/mol. The fourth-order valence-corrected chi connectivity index (χ4v) is 4.24. The Balaban J connectivity index is 1.47. The molecule has 3 aromatic heterocycles. The van der Waals surface area contributed by atoms with Gasteiger partial charge in [-0.25, -0.2) is 9.97 Å². The number of aryl methyl sites for hydroxylation is 2. The molecule has 1 aromatic carbocycles. The predicted octanol–water partition coefficient (Wildman–Crippen LogP) is 2.71. The van der Waals surface area contributed by atoms with Crippen LogP contribution in [0.4, 0.5) is 0 Å². The minimum absolute atomic E-state index is 0.336. The lowest BCUT2D eigenvalue weighted by atomic mass is 10.1. The molecule has 5 rings (SSSR count). The minimum Gasteiger partial charge on any atom is -0.487 e. The molecule has 0 aliphatic heterocycles. The lowest BCUT2D eigenvalue weighted by molar-refractivity contribution is -0.0160. The average Bonchev–Trinajstić information content (AvgIpc) is 3.25. The van der Waals surface area contributed by atoms with E-state index in [0.29, 0.717) is 12.2 Å². The van der Waals surface area contributed by atoms with Crippen LogP contribution in [0.1, 0.15) is 23.9 Å². The third-order valence-electron chi connectivity index (χ3n) is 5.80. The number of hydrogen-bond acceptors (Lipinski definition) is 6. The smallest absolute Gasteiger partial charge is 0.143 e. The third-order valence-corrected chi connectivity index (χ3v) is 5.80. The number of nitrogens with zero attached hydrogens (tertiary/aromatic N) is 4. The van der Waals surface area contributed by atoms with Gasteiger partial charge in [0.05, 0.1) is 11.7 Å². The SMILES string of the molecule is Cc1cc2cccc(O[C@H]3C[C@@H](n4ccc5c(C)ncnc54)[C@H](O)[C@@H]3O)c2cn1. The summed E-state index contributed by atoms with van der Waals surface area (Å²) in [6.45, 7) is 3.87. The maximum absolute atomic E-state index is 10.7. The Kier molecular flexibility index (Phi) is 4.22. The molecule has 0 bridgehead atoms. The van der Waals surface area contributed by atoms with Crippen LogP contribution in [0.15, 0.2) is 49.1 Å². The van der Waals surface area contributed by atoms with Gasteiger partial charge in [-0.2, -0.15) is 0 Å². The molecule has 7 nitrogen and oxygen atoms in total. The van der Waals surface area contributed by atoms with Crippen LogP contribution in [0.2, 0.25) is 0 Å². The van der Waals surface area contributed by atoms with E-state index in [-0.39, 0.29) is 6.04 Å². The van der Waals surface area contributed by atoms with Gasteiger partial charge in [-0.3, -0.25) is 4.98 Å². The lowest BCUT2D eigenvalue weighted by Gasteiger charge is -2.19. The van der Waals surface area contributed by atoms with Gasteiger partial charge in [0.1, 0.15) is 36.0 Å². The molecule has 4 atom stereocenters. The molecule has 0 amide bonds. The Hall–Kier alpha value is -3.03. The van der Waals surface area contributed by atoms with Crippen LogP contribution in [0.25, 0.3) is 21.8 Å². The summed E-state index contributed by atoms with van der Waals surface area (Å²) in [6, 6.07) is 9.40. The molecule has 1 aliphatic carbocycles. The van der Waals surface area contributed by atoms with E-state index in [9.17, 15) is 10.2 Å². The van der Waals surface area contributed by atoms with Gasteiger partial charge in [-0.1, -0.05) is 12.1 Å². The number of pyridine rings is 1. The quantitative estimate of drug-likeness (QED) is 0.559. The first-order valence-electron chi connectivity index (χ1n) is 9.69. The molecule has 2 N–H and O–H groups in total. The maximum Gasteiger partial charge on any atom is 0.143 e. The van der Waals surface area contributed by atoms with Gasteiger partial charge in [-0.05, 0) is 37.4 Å². The zero-order valence-electron chi connectivity index (χ0n) is 16.2. The van der Waals surface area contributed by atoms with Crippen molar-refractivity contribution in [2.75, 3.05) is 0 Å². The molecule has 1 aliphatic rings. The van der Waals surface area contributed by atoms with Gasteiger partial charge in [0.15, 0.2) is 0 Å². The summed E-state index contributed by atoms with van der Waals surface area (Å²) in [7, 11) is 0. The van der Waals surface area contributed by atoms with Gasteiger partial charge in [-0.15, -0.1) is 0 Å². The van der Waals surface area contributed by atoms with E-state index in [1.165, 1.54) is 6.33 Å². The van der Waals surface area contributed by atoms with E-state index in [1.54, 1.807) is 6.20 Å². The third kappa shape index (κ3) is 2.94. The molecule has 29 heavy (non-hydrogen) atoms. The predicted molar refractivity (Wildman–Crippen MR) is 109 cm³/mol. The normalized spacial score (nSPS) is 24.4. The summed E-state index contributed by atoms with van der Waals surface area (Å²) in [5.74, 6) is 0.655. The molecule has 0 spiro atoms. The van der Waals surface area contributed by atoms with Crippen molar-refractivity contribution in [2.24, 2.45) is 0 Å². The first kappa shape index (κ1) is 18.0. The average molecular weight is 390 g/mol. The molecule has 4 aromatic rings. The molecule has 1 fully saturated rings. The standard InChI is InChI=1S/C22H22N4O3/c1-12-8-14-4-3-5-18(16(14)10-23-12)29-19-9-17(20(27)21(19)28)26-7-6-15-13(2)24-11-25-22(15)26/h3-8,10-11,17,19-21,27-28H,9H2,1-2H3/t17-,19+,20+,21-/m1/s1. The Morgan fingerprint density at radius 2 is 1.90 bits per heavy atom. The van der Waals surface area contributed by atoms with Gasteiger partial charge >= 0.3 is 0 Å². The zero-order valence-corrected chi connectivity index (χ0v) is 16.2. The first-order chi connectivity index (χ1) is 14.0. The second kappa shape index (κ2) is 6.79. The number of aliphatic hydroxyl groups excluding tert-OH is 2. The molecule has 148 valence electrons. The van der Waals surface area contributed by atoms with Crippen molar-refractivity contribution < 1.29 is 14.9 Å². The van der Waals surface area contributed by atoms with Crippen molar-refractivity contribution in [1.29, 1.82) is 0 Å². The summed E-state index contributed by atoms with van der Waals surface area (Å²) in [5, 5.41) is 24.3. The van der Waals surface area contributed by atoms with Crippen LogP contribution in [0.5, 0.6) is 5.75 Å². The van der Waals surface area contributed by atoms with Crippen LogP contribution >= 0.6 is 0 Å². The van der Waals surface area contributed by atoms with Gasteiger partial charge < -0.3 is 19.5 Å².